The van der Waals surface area contributed by atoms with Crippen LogP contribution in [0, 0.1) is 0 Å². The molecule has 1 N–H and O–H groups in total. The van der Waals surface area contributed by atoms with E-state index in [1.54, 1.807) is 7.11 Å². The second-order valence-electron chi connectivity index (χ2n) is 6.29. The van der Waals surface area contributed by atoms with Gasteiger partial charge in [-0.1, -0.05) is 12.1 Å². The van der Waals surface area contributed by atoms with E-state index in [1.807, 2.05) is 54.4 Å². The predicted octanol–water partition coefficient (Wildman–Crippen LogP) is 3.61. The van der Waals surface area contributed by atoms with Gasteiger partial charge in [-0.15, -0.1) is 0 Å². The van der Waals surface area contributed by atoms with E-state index < -0.39 is 0 Å². The molecule has 3 rings (SSSR count). The van der Waals surface area contributed by atoms with Gasteiger partial charge in [-0.25, -0.2) is 0 Å². The summed E-state index contributed by atoms with van der Waals surface area (Å²) in [5, 5.41) is 3.93. The van der Waals surface area contributed by atoms with Crippen LogP contribution >= 0.6 is 12.2 Å². The quantitative estimate of drug-likeness (QED) is 0.810. The molecule has 0 saturated heterocycles. The molecule has 0 saturated carbocycles. The van der Waals surface area contributed by atoms with Gasteiger partial charge in [0, 0.05) is 19.3 Å². The number of nitrogens with zero attached hydrogens (tertiary/aromatic N) is 2. The van der Waals surface area contributed by atoms with Crippen molar-refractivity contribution in [3.05, 3.63) is 48.5 Å². The highest BCUT2D eigenvalue weighted by molar-refractivity contribution is 7.80. The van der Waals surface area contributed by atoms with Crippen LogP contribution < -0.4 is 19.7 Å². The number of rotatable bonds is 5. The van der Waals surface area contributed by atoms with Crippen LogP contribution in [0.5, 0.6) is 11.5 Å². The molecule has 2 aromatic carbocycles. The Bertz CT molecular complexity index is 751. The predicted molar refractivity (Wildman–Crippen MR) is 111 cm³/mol. The average molecular weight is 372 g/mol. The lowest BCUT2D eigenvalue weighted by Crippen LogP contribution is -2.47. The van der Waals surface area contributed by atoms with Gasteiger partial charge in [0.05, 0.1) is 25.9 Å². The van der Waals surface area contributed by atoms with Crippen LogP contribution in [-0.2, 0) is 0 Å². The van der Waals surface area contributed by atoms with Crippen molar-refractivity contribution in [2.24, 2.45) is 0 Å². The summed E-state index contributed by atoms with van der Waals surface area (Å²) in [5.41, 5.74) is 2.10. The molecule has 26 heavy (non-hydrogen) atoms. The molecule has 1 aliphatic rings. The summed E-state index contributed by atoms with van der Waals surface area (Å²) in [6, 6.07) is 15.9. The lowest BCUT2D eigenvalue weighted by molar-refractivity contribution is 0.169. The van der Waals surface area contributed by atoms with Crippen molar-refractivity contribution in [1.29, 1.82) is 0 Å². The van der Waals surface area contributed by atoms with Crippen molar-refractivity contribution < 1.29 is 9.47 Å². The van der Waals surface area contributed by atoms with Crippen molar-refractivity contribution in [2.75, 3.05) is 44.0 Å². The Kier molecular flexibility index (Phi) is 5.83. The molecule has 5 nitrogen and oxygen atoms in total. The maximum absolute atomic E-state index is 6.18. The number of benzene rings is 2. The summed E-state index contributed by atoms with van der Waals surface area (Å²) in [7, 11) is 3.64. The number of ether oxygens (including phenoxy) is 2. The van der Waals surface area contributed by atoms with Gasteiger partial charge < -0.3 is 24.6 Å². The number of nitrogens with one attached hydrogen (secondary N) is 1. The Morgan fingerprint density at radius 2 is 2.00 bits per heavy atom. The molecule has 0 aliphatic carbocycles. The smallest absolute Gasteiger partial charge is 0.173 e. The first-order valence-electron chi connectivity index (χ1n) is 8.77. The summed E-state index contributed by atoms with van der Waals surface area (Å²) in [6.07, 6.45) is 0.0606. The van der Waals surface area contributed by atoms with E-state index in [9.17, 15) is 0 Å². The third-order valence-corrected chi connectivity index (χ3v) is 4.88. The topological polar surface area (TPSA) is 37.0 Å². The molecule has 0 bridgehead atoms. The van der Waals surface area contributed by atoms with Gasteiger partial charge >= 0.3 is 0 Å². The van der Waals surface area contributed by atoms with E-state index in [-0.39, 0.29) is 6.10 Å². The van der Waals surface area contributed by atoms with Gasteiger partial charge in [-0.2, -0.15) is 0 Å². The number of likely N-dealkylation sites (N-methyl/N-ethyl adjacent to an activating group) is 2. The van der Waals surface area contributed by atoms with Gasteiger partial charge in [0.2, 0.25) is 0 Å². The highest BCUT2D eigenvalue weighted by Gasteiger charge is 2.26. The van der Waals surface area contributed by atoms with Gasteiger partial charge in [0.15, 0.2) is 5.11 Å². The molecule has 0 amide bonds. The van der Waals surface area contributed by atoms with E-state index in [2.05, 4.69) is 23.2 Å². The lowest BCUT2D eigenvalue weighted by Gasteiger charge is -2.37. The van der Waals surface area contributed by atoms with Crippen LogP contribution in [0.15, 0.2) is 48.5 Å². The van der Waals surface area contributed by atoms with Gasteiger partial charge in [-0.05, 0) is 55.5 Å². The second kappa shape index (κ2) is 8.27. The molecule has 1 aliphatic heterocycles. The normalized spacial score (nSPS) is 15.7. The summed E-state index contributed by atoms with van der Waals surface area (Å²) in [5.74, 6) is 1.76. The van der Waals surface area contributed by atoms with Crippen LogP contribution in [0.25, 0.3) is 0 Å². The summed E-state index contributed by atoms with van der Waals surface area (Å²) in [4.78, 5) is 4.36. The molecule has 1 heterocycles. The minimum absolute atomic E-state index is 0.0606. The molecular weight excluding hydrogens is 346 g/mol. The van der Waals surface area contributed by atoms with E-state index in [4.69, 9.17) is 21.7 Å². The molecule has 0 radical (unpaired) electrons. The number of anilines is 2. The largest absolute Gasteiger partial charge is 0.497 e. The minimum atomic E-state index is 0.0606. The minimum Gasteiger partial charge on any atom is -0.497 e. The van der Waals surface area contributed by atoms with E-state index in [1.165, 1.54) is 0 Å². The third kappa shape index (κ3) is 4.19. The molecular formula is C20H25N3O2S. The summed E-state index contributed by atoms with van der Waals surface area (Å²) < 4.78 is 11.4. The summed E-state index contributed by atoms with van der Waals surface area (Å²) in [6.45, 7) is 4.68. The highest BCUT2D eigenvalue weighted by Crippen LogP contribution is 2.32. The molecule has 6 heteroatoms. The third-order valence-electron chi connectivity index (χ3n) is 4.47. The Morgan fingerprint density at radius 3 is 2.69 bits per heavy atom. The lowest BCUT2D eigenvalue weighted by atomic mass is 10.2. The fourth-order valence-electron chi connectivity index (χ4n) is 3.06. The first-order chi connectivity index (χ1) is 12.6. The first kappa shape index (κ1) is 18.3. The number of fused-ring (bicyclic) bond motifs is 1. The van der Waals surface area contributed by atoms with E-state index >= 15 is 0 Å². The van der Waals surface area contributed by atoms with Crippen LogP contribution in [0.4, 0.5) is 11.4 Å². The molecule has 0 fully saturated rings. The van der Waals surface area contributed by atoms with Crippen LogP contribution in [-0.4, -0.2) is 49.9 Å². The van der Waals surface area contributed by atoms with Gasteiger partial charge in [0.1, 0.15) is 17.6 Å². The summed E-state index contributed by atoms with van der Waals surface area (Å²) >= 11 is 5.54. The molecule has 138 valence electrons. The molecule has 0 spiro atoms. The molecule has 2 aromatic rings. The number of thiocarbonyl (C=S) groups is 1. The van der Waals surface area contributed by atoms with Crippen molar-refractivity contribution in [2.45, 2.75) is 13.0 Å². The monoisotopic (exact) mass is 371 g/mol. The van der Waals surface area contributed by atoms with Crippen molar-refractivity contribution >= 4 is 28.7 Å². The van der Waals surface area contributed by atoms with Crippen molar-refractivity contribution in [3.8, 4) is 11.5 Å². The van der Waals surface area contributed by atoms with Crippen molar-refractivity contribution in [1.82, 2.24) is 4.90 Å². The molecule has 0 unspecified atom stereocenters. The number of methoxy groups -OCH3 is 1. The van der Waals surface area contributed by atoms with Gasteiger partial charge in [-0.3, -0.25) is 0 Å². The Morgan fingerprint density at radius 1 is 1.27 bits per heavy atom. The number of hydrogen-bond acceptors (Lipinski definition) is 4. The Hall–Kier alpha value is -2.47. The fourth-order valence-corrected chi connectivity index (χ4v) is 3.25. The Labute approximate surface area is 160 Å². The average Bonchev–Trinajstić information content (AvgIpc) is 2.67. The standard InChI is InChI=1S/C20H25N3O2S/c1-4-23-14-17(25-19-8-6-5-7-18(19)23)13-22(2)20(26)21-15-9-11-16(24-3)12-10-15/h5-12,17H,4,13-14H2,1-3H3,(H,21,26)/t17-/m0/s1. The van der Waals surface area contributed by atoms with Gasteiger partial charge in [0.25, 0.3) is 0 Å². The maximum atomic E-state index is 6.18. The zero-order valence-corrected chi connectivity index (χ0v) is 16.3. The van der Waals surface area contributed by atoms with Crippen molar-refractivity contribution in [3.63, 3.8) is 0 Å². The zero-order chi connectivity index (χ0) is 18.5. The first-order valence-corrected chi connectivity index (χ1v) is 9.18. The fraction of sp³-hybridized carbons (Fsp3) is 0.350. The Balaban J connectivity index is 1.60. The van der Waals surface area contributed by atoms with Crippen LogP contribution in [0.3, 0.4) is 0 Å². The number of para-hydroxylation sites is 2. The maximum Gasteiger partial charge on any atom is 0.173 e. The zero-order valence-electron chi connectivity index (χ0n) is 15.4. The van der Waals surface area contributed by atoms with E-state index in [0.717, 1.165) is 36.0 Å². The van der Waals surface area contributed by atoms with E-state index in [0.29, 0.717) is 11.7 Å². The number of hydrogen-bond donors (Lipinski definition) is 1. The SMILES string of the molecule is CCN1C[C@H](CN(C)C(=S)Nc2ccc(OC)cc2)Oc2ccccc21. The highest BCUT2D eigenvalue weighted by atomic mass is 32.1. The van der Waals surface area contributed by atoms with Crippen LogP contribution in [0.1, 0.15) is 6.92 Å². The molecule has 0 aromatic heterocycles. The van der Waals surface area contributed by atoms with Crippen LogP contribution in [0.2, 0.25) is 0 Å². The molecule has 1 atom stereocenters. The second-order valence-corrected chi connectivity index (χ2v) is 6.67.